The van der Waals surface area contributed by atoms with Crippen molar-refractivity contribution in [3.8, 4) is 22.5 Å². The van der Waals surface area contributed by atoms with E-state index in [4.69, 9.17) is 4.84 Å². The molecule has 5 heterocycles. The number of nitrogens with zero attached hydrogens (tertiary/aromatic N) is 5. The van der Waals surface area contributed by atoms with E-state index in [0.717, 1.165) is 40.6 Å². The van der Waals surface area contributed by atoms with Gasteiger partial charge in [0, 0.05) is 105 Å². The summed E-state index contributed by atoms with van der Waals surface area (Å²) < 4.78 is 51.6. The van der Waals surface area contributed by atoms with Gasteiger partial charge in [-0.1, -0.05) is 53.6 Å². The first kappa shape index (κ1) is 44.3. The van der Waals surface area contributed by atoms with Crippen LogP contribution in [0.5, 0.6) is 0 Å². The van der Waals surface area contributed by atoms with Crippen molar-refractivity contribution in [2.24, 2.45) is 0 Å². The van der Waals surface area contributed by atoms with E-state index in [2.05, 4.69) is 37.4 Å². The Balaban J connectivity index is 0.000000195. The molecule has 0 aliphatic carbocycles. The number of carbonyl (C=O) groups excluding carboxylic acids is 4. The minimum atomic E-state index is -0.664. The number of benzene rings is 3. The summed E-state index contributed by atoms with van der Waals surface area (Å²) in [6, 6.07) is 28.3. The summed E-state index contributed by atoms with van der Waals surface area (Å²) >= 11 is 0. The standard InChI is InChI=1S/C22H20N4O5.2C11H6F2N.Ir/c27-17(7-1-2-8-20(30)31-26-18(28)9-10-19(26)29)25-16-13-14-5-3-11-23-21(14)22-15(16)6-4-12-24-22;2*12-8-4-5-9(10(13)7-8)11-3-1-2-6-14-11;/h3-6,11-13H,1-2,7-10H2,(H,25,27);2*1-4,6-7H;/q;2*-1;. The van der Waals surface area contributed by atoms with Crippen molar-refractivity contribution < 1.29 is 61.7 Å². The predicted molar refractivity (Wildman–Crippen MR) is 208 cm³/mol. The number of hydroxylamine groups is 2. The zero-order valence-electron chi connectivity index (χ0n) is 31.3. The van der Waals surface area contributed by atoms with Crippen LogP contribution in [0.25, 0.3) is 44.3 Å². The van der Waals surface area contributed by atoms with Gasteiger partial charge in [0.2, 0.25) is 5.91 Å². The second-order valence-corrected chi connectivity index (χ2v) is 12.7. The van der Waals surface area contributed by atoms with E-state index in [1.165, 1.54) is 0 Å². The molecule has 1 radical (unpaired) electrons. The third-order valence-corrected chi connectivity index (χ3v) is 8.53. The molecule has 1 aliphatic rings. The van der Waals surface area contributed by atoms with Crippen molar-refractivity contribution in [1.29, 1.82) is 0 Å². The van der Waals surface area contributed by atoms with Crippen LogP contribution in [0, 0.1) is 35.4 Å². The van der Waals surface area contributed by atoms with Crippen LogP contribution in [0.2, 0.25) is 0 Å². The van der Waals surface area contributed by atoms with E-state index in [-0.39, 0.29) is 62.8 Å². The van der Waals surface area contributed by atoms with E-state index < -0.39 is 41.1 Å². The van der Waals surface area contributed by atoms with Crippen LogP contribution in [0.4, 0.5) is 23.2 Å². The Morgan fingerprint density at radius 2 is 1.20 bits per heavy atom. The average Bonchev–Trinajstić information content (AvgIpc) is 3.56. The number of aromatic nitrogens is 4. The van der Waals surface area contributed by atoms with Crippen molar-refractivity contribution in [3.63, 3.8) is 0 Å². The van der Waals surface area contributed by atoms with Gasteiger partial charge < -0.3 is 20.1 Å². The van der Waals surface area contributed by atoms with E-state index >= 15 is 0 Å². The van der Waals surface area contributed by atoms with E-state index in [1.54, 1.807) is 67.3 Å². The minimum absolute atomic E-state index is 0. The van der Waals surface area contributed by atoms with Crippen LogP contribution >= 0.6 is 0 Å². The maximum atomic E-state index is 13.2. The third kappa shape index (κ3) is 11.7. The second kappa shape index (κ2) is 21.3. The first-order chi connectivity index (χ1) is 28.6. The largest absolute Gasteiger partial charge is 0.333 e. The predicted octanol–water partition coefficient (Wildman–Crippen LogP) is 8.54. The van der Waals surface area contributed by atoms with Crippen molar-refractivity contribution in [1.82, 2.24) is 25.0 Å². The van der Waals surface area contributed by atoms with Crippen LogP contribution in [-0.2, 0) is 44.1 Å². The van der Waals surface area contributed by atoms with Crippen molar-refractivity contribution in [3.05, 3.63) is 151 Å². The molecule has 60 heavy (non-hydrogen) atoms. The summed E-state index contributed by atoms with van der Waals surface area (Å²) in [5.41, 5.74) is 3.40. The number of fused-ring (bicyclic) bond motifs is 3. The van der Waals surface area contributed by atoms with Gasteiger partial charge in [0.1, 0.15) is 0 Å². The topological polar surface area (TPSA) is 144 Å². The monoisotopic (exact) mass is 993 g/mol. The van der Waals surface area contributed by atoms with Crippen LogP contribution in [-0.4, -0.2) is 48.7 Å². The second-order valence-electron chi connectivity index (χ2n) is 12.7. The quantitative estimate of drug-likeness (QED) is 0.0495. The summed E-state index contributed by atoms with van der Waals surface area (Å²) in [6.07, 6.45) is 7.67. The molecule has 0 saturated carbocycles. The van der Waals surface area contributed by atoms with Gasteiger partial charge >= 0.3 is 5.97 Å². The number of nitrogens with one attached hydrogen (secondary N) is 1. The number of anilines is 1. The molecule has 0 atom stereocenters. The fourth-order valence-electron chi connectivity index (χ4n) is 5.76. The number of imide groups is 1. The smallest absolute Gasteiger partial charge is 0.330 e. The van der Waals surface area contributed by atoms with Crippen molar-refractivity contribution in [2.75, 3.05) is 5.32 Å². The molecule has 0 spiro atoms. The maximum Gasteiger partial charge on any atom is 0.333 e. The first-order valence-electron chi connectivity index (χ1n) is 18.1. The SMILES string of the molecule is Fc1c[c-]c(-c2ccccn2)c(F)c1.Fc1c[c-]c(-c2ccccn2)c(F)c1.O=C(CCCCC(=O)ON1C(=O)CCC1=O)Nc1cc2cccnc2c2ncccc12.[Ir]. The number of pyridine rings is 4. The molecule has 0 unspecified atom stereocenters. The zero-order chi connectivity index (χ0) is 41.7. The van der Waals surface area contributed by atoms with Gasteiger partial charge in [-0.3, -0.25) is 41.9 Å². The van der Waals surface area contributed by atoms with Gasteiger partial charge in [0.15, 0.2) is 0 Å². The number of unbranched alkanes of at least 4 members (excludes halogenated alkanes) is 1. The fourth-order valence-corrected chi connectivity index (χ4v) is 5.76. The zero-order valence-corrected chi connectivity index (χ0v) is 33.7. The molecule has 7 aromatic rings. The van der Waals surface area contributed by atoms with Gasteiger partial charge in [0.05, 0.1) is 16.7 Å². The molecule has 1 saturated heterocycles. The average molecular weight is 993 g/mol. The van der Waals surface area contributed by atoms with E-state index in [0.29, 0.717) is 40.5 Å². The molecule has 11 nitrogen and oxygen atoms in total. The molecular weight excluding hydrogens is 961 g/mol. The molecule has 3 aromatic carbocycles. The Hall–Kier alpha value is -6.77. The van der Waals surface area contributed by atoms with Crippen LogP contribution < -0.4 is 5.32 Å². The molecule has 307 valence electrons. The summed E-state index contributed by atoms with van der Waals surface area (Å²) in [5, 5.41) is 5.12. The number of hydrogen-bond donors (Lipinski definition) is 1. The van der Waals surface area contributed by atoms with E-state index in [9.17, 15) is 36.7 Å². The van der Waals surface area contributed by atoms with Crippen molar-refractivity contribution in [2.45, 2.75) is 38.5 Å². The molecule has 4 aromatic heterocycles. The molecular formula is C44H32F4IrN6O5-2. The van der Waals surface area contributed by atoms with Gasteiger partial charge in [-0.15, -0.1) is 29.3 Å². The Labute approximate surface area is 354 Å². The maximum absolute atomic E-state index is 13.2. The van der Waals surface area contributed by atoms with Gasteiger partial charge in [0.25, 0.3) is 11.8 Å². The molecule has 1 fully saturated rings. The Morgan fingerprint density at radius 1 is 0.667 bits per heavy atom. The number of amides is 3. The summed E-state index contributed by atoms with van der Waals surface area (Å²) in [7, 11) is 0. The van der Waals surface area contributed by atoms with Gasteiger partial charge in [-0.25, -0.2) is 4.79 Å². The number of hydrogen-bond acceptors (Lipinski definition) is 9. The van der Waals surface area contributed by atoms with E-state index in [1.807, 2.05) is 24.3 Å². The fraction of sp³-hybridized carbons (Fsp3) is 0.136. The molecule has 1 N–H and O–H groups in total. The van der Waals surface area contributed by atoms with Gasteiger partial charge in [-0.2, -0.15) is 0 Å². The first-order valence-corrected chi connectivity index (χ1v) is 18.1. The molecule has 1 aliphatic heterocycles. The number of carbonyl (C=O) groups is 4. The summed E-state index contributed by atoms with van der Waals surface area (Å²) in [5.74, 6) is -4.44. The van der Waals surface area contributed by atoms with Crippen LogP contribution in [0.1, 0.15) is 38.5 Å². The molecule has 16 heteroatoms. The Kier molecular flexibility index (Phi) is 15.7. The number of halogens is 4. The van der Waals surface area contributed by atoms with Gasteiger partial charge in [-0.05, 0) is 60.6 Å². The normalized spacial score (nSPS) is 11.8. The number of rotatable bonds is 9. The third-order valence-electron chi connectivity index (χ3n) is 8.53. The minimum Gasteiger partial charge on any atom is -0.330 e. The molecule has 8 rings (SSSR count). The van der Waals surface area contributed by atoms with Crippen LogP contribution in [0.3, 0.4) is 0 Å². The Morgan fingerprint density at radius 3 is 1.75 bits per heavy atom. The molecule has 3 amide bonds. The summed E-state index contributed by atoms with van der Waals surface area (Å²) in [6.45, 7) is 0. The van der Waals surface area contributed by atoms with Crippen LogP contribution in [0.15, 0.2) is 116 Å². The summed E-state index contributed by atoms with van der Waals surface area (Å²) in [4.78, 5) is 68.7. The molecule has 0 bridgehead atoms. The Bertz CT molecular complexity index is 2520. The van der Waals surface area contributed by atoms with Crippen molar-refractivity contribution >= 4 is 51.2 Å².